The van der Waals surface area contributed by atoms with E-state index in [1.807, 2.05) is 6.92 Å². The van der Waals surface area contributed by atoms with E-state index in [4.69, 9.17) is 9.31 Å². The molecule has 3 saturated carbocycles. The van der Waals surface area contributed by atoms with Crippen molar-refractivity contribution >= 4 is 36.4 Å². The molecule has 3 amide bonds. The van der Waals surface area contributed by atoms with Crippen molar-refractivity contribution in [2.24, 2.45) is 17.3 Å². The van der Waals surface area contributed by atoms with Gasteiger partial charge < -0.3 is 35.7 Å². The van der Waals surface area contributed by atoms with Gasteiger partial charge in [0.2, 0.25) is 5.91 Å². The van der Waals surface area contributed by atoms with Crippen molar-refractivity contribution in [1.82, 2.24) is 20.2 Å². The summed E-state index contributed by atoms with van der Waals surface area (Å²) in [5, 5.41) is 20.9. The normalized spacial score (nSPS) is 28.0. The molecular formula is C38H44BF3N6O7. The molecule has 2 aromatic carbocycles. The van der Waals surface area contributed by atoms with E-state index in [2.05, 4.69) is 47.0 Å². The standard InChI is InChI=1S/C38H44BF3N6O7/c1-6-29(39-54-28-16-22-15-27(35(22,2)3)37(28,5)55-39)46-30(49)26-17-36(4,47-34(53)45-24-13-8-7-12-23(24)32(51)52)33-44-19-25(31(50)48(26)33)43-18-20-10-9-11-21(14-20)38(40,41)42/h7-14,19,22,26-29,43H,6,15-18H2,1-5H3,(H,46,49)(H,51,52)(H2,45,47,53)/t22-,26-,27-,28+,29-,36+,37-/m0/s1. The van der Waals surface area contributed by atoms with Crippen molar-refractivity contribution in [2.45, 2.75) is 102 Å². The van der Waals surface area contributed by atoms with Gasteiger partial charge in [-0.2, -0.15) is 13.2 Å². The molecule has 5 N–H and O–H groups in total. The zero-order valence-corrected chi connectivity index (χ0v) is 31.1. The van der Waals surface area contributed by atoms with Crippen LogP contribution in [0.2, 0.25) is 0 Å². The van der Waals surface area contributed by atoms with Crippen LogP contribution in [-0.4, -0.2) is 57.3 Å². The topological polar surface area (TPSA) is 173 Å². The van der Waals surface area contributed by atoms with E-state index < -0.39 is 65.4 Å². The predicted octanol–water partition coefficient (Wildman–Crippen LogP) is 5.72. The number of halogens is 3. The third kappa shape index (κ3) is 6.74. The molecule has 7 atom stereocenters. The van der Waals surface area contributed by atoms with Crippen molar-refractivity contribution in [2.75, 3.05) is 10.6 Å². The van der Waals surface area contributed by atoms with Crippen LogP contribution in [0, 0.1) is 17.3 Å². The molecular weight excluding hydrogens is 720 g/mol. The molecule has 8 rings (SSSR count). The molecule has 3 heterocycles. The second-order valence-corrected chi connectivity index (χ2v) is 16.1. The number of aromatic nitrogens is 2. The fraction of sp³-hybridized carbons (Fsp3) is 0.500. The Morgan fingerprint density at radius 1 is 1.07 bits per heavy atom. The summed E-state index contributed by atoms with van der Waals surface area (Å²) in [5.74, 6) is -1.51. The molecule has 0 radical (unpaired) electrons. The Labute approximate surface area is 315 Å². The molecule has 292 valence electrons. The number of fused-ring (bicyclic) bond motifs is 1. The van der Waals surface area contributed by atoms with Crippen LogP contribution in [0.25, 0.3) is 0 Å². The molecule has 3 aliphatic carbocycles. The highest BCUT2D eigenvalue weighted by atomic mass is 19.4. The molecule has 3 aromatic rings. The van der Waals surface area contributed by atoms with Crippen LogP contribution in [0.5, 0.6) is 0 Å². The van der Waals surface area contributed by atoms with Crippen LogP contribution < -0.4 is 26.8 Å². The zero-order valence-electron chi connectivity index (χ0n) is 31.1. The number of hydrogen-bond donors (Lipinski definition) is 5. The third-order valence-corrected chi connectivity index (χ3v) is 12.3. The fourth-order valence-corrected chi connectivity index (χ4v) is 9.12. The summed E-state index contributed by atoms with van der Waals surface area (Å²) in [5.41, 5.74) is -3.27. The first-order valence-corrected chi connectivity index (χ1v) is 18.4. The number of nitrogens with zero attached hydrogens (tertiary/aromatic N) is 2. The van der Waals surface area contributed by atoms with Crippen molar-refractivity contribution in [1.29, 1.82) is 0 Å². The van der Waals surface area contributed by atoms with Crippen molar-refractivity contribution in [3.63, 3.8) is 0 Å². The van der Waals surface area contributed by atoms with Crippen LogP contribution in [0.3, 0.4) is 0 Å². The minimum absolute atomic E-state index is 0.0281. The lowest BCUT2D eigenvalue weighted by Gasteiger charge is -2.64. The molecule has 2 aliphatic heterocycles. The zero-order chi connectivity index (χ0) is 39.7. The Kier molecular flexibility index (Phi) is 9.55. The van der Waals surface area contributed by atoms with Crippen molar-refractivity contribution < 1.29 is 42.0 Å². The van der Waals surface area contributed by atoms with E-state index in [-0.39, 0.29) is 52.8 Å². The molecule has 4 fully saturated rings. The lowest BCUT2D eigenvalue weighted by Crippen LogP contribution is -2.65. The first-order valence-electron chi connectivity index (χ1n) is 18.4. The molecule has 17 heteroatoms. The average molecular weight is 765 g/mol. The number of carboxylic acid groups (broad SMARTS) is 1. The highest BCUT2D eigenvalue weighted by molar-refractivity contribution is 6.47. The minimum atomic E-state index is -4.55. The molecule has 0 unspecified atom stereocenters. The second-order valence-electron chi connectivity index (χ2n) is 16.1. The number of anilines is 2. The Morgan fingerprint density at radius 3 is 2.51 bits per heavy atom. The van der Waals surface area contributed by atoms with Crippen LogP contribution in [0.4, 0.5) is 29.3 Å². The average Bonchev–Trinajstić information content (AvgIpc) is 3.64. The number of carboxylic acids is 1. The maximum Gasteiger partial charge on any atom is 0.481 e. The Morgan fingerprint density at radius 2 is 1.82 bits per heavy atom. The van der Waals surface area contributed by atoms with Gasteiger partial charge in [0.1, 0.15) is 17.6 Å². The van der Waals surface area contributed by atoms with Gasteiger partial charge in [0.05, 0.1) is 46.2 Å². The number of rotatable bonds is 10. The fourth-order valence-electron chi connectivity index (χ4n) is 9.12. The number of benzene rings is 2. The van der Waals surface area contributed by atoms with Gasteiger partial charge >= 0.3 is 25.3 Å². The van der Waals surface area contributed by atoms with Crippen LogP contribution in [0.15, 0.2) is 59.5 Å². The lowest BCUT2D eigenvalue weighted by atomic mass is 9.43. The van der Waals surface area contributed by atoms with E-state index >= 15 is 0 Å². The smallest absolute Gasteiger partial charge is 0.478 e. The van der Waals surface area contributed by atoms with Crippen molar-refractivity contribution in [3.05, 3.63) is 87.6 Å². The van der Waals surface area contributed by atoms with E-state index in [1.165, 1.54) is 41.1 Å². The molecule has 2 bridgehead atoms. The van der Waals surface area contributed by atoms with E-state index in [9.17, 15) is 37.5 Å². The third-order valence-electron chi connectivity index (χ3n) is 12.3. The lowest BCUT2D eigenvalue weighted by molar-refractivity contribution is -0.199. The molecule has 0 spiro atoms. The summed E-state index contributed by atoms with van der Waals surface area (Å²) in [6.07, 6.45) is -1.22. The maximum atomic E-state index is 14.3. The maximum absolute atomic E-state index is 14.3. The Hall–Kier alpha value is -4.90. The highest BCUT2D eigenvalue weighted by Gasteiger charge is 2.68. The summed E-state index contributed by atoms with van der Waals surface area (Å²) in [6, 6.07) is 8.52. The summed E-state index contributed by atoms with van der Waals surface area (Å²) < 4.78 is 54.4. The number of carbonyl (C=O) groups is 3. The molecule has 13 nitrogen and oxygen atoms in total. The largest absolute Gasteiger partial charge is 0.481 e. The quantitative estimate of drug-likeness (QED) is 0.162. The second kappa shape index (κ2) is 13.7. The SMILES string of the molecule is CC[C@H](NC(=O)[C@@H]1C[C@@](C)(NC(=O)Nc2ccccc2C(=O)O)c2ncc(NCc3cccc(C(F)(F)F)c3)c(=O)n21)B1O[C@@H]2C[C@@H]3C[C@@H](C3(C)C)[C@]2(C)O1. The predicted molar refractivity (Wildman–Crippen MR) is 196 cm³/mol. The van der Waals surface area contributed by atoms with E-state index in [0.717, 1.165) is 25.0 Å². The van der Waals surface area contributed by atoms with Gasteiger partial charge in [-0.25, -0.2) is 14.6 Å². The van der Waals surface area contributed by atoms with Gasteiger partial charge in [-0.3, -0.25) is 14.2 Å². The monoisotopic (exact) mass is 764 g/mol. The number of urea groups is 1. The number of hydrogen-bond acceptors (Lipinski definition) is 8. The summed E-state index contributed by atoms with van der Waals surface area (Å²) in [6.45, 7) is 9.93. The number of carbonyl (C=O) groups excluding carboxylic acids is 2. The molecule has 5 aliphatic rings. The Bertz CT molecular complexity index is 2100. The summed E-state index contributed by atoms with van der Waals surface area (Å²) >= 11 is 0. The van der Waals surface area contributed by atoms with Gasteiger partial charge in [-0.15, -0.1) is 0 Å². The highest BCUT2D eigenvalue weighted by Crippen LogP contribution is 2.65. The molecule has 55 heavy (non-hydrogen) atoms. The molecule has 1 saturated heterocycles. The van der Waals surface area contributed by atoms with Crippen LogP contribution in [0.1, 0.15) is 93.7 Å². The van der Waals surface area contributed by atoms with Gasteiger partial charge in [-0.05, 0) is 80.2 Å². The van der Waals surface area contributed by atoms with Gasteiger partial charge in [-0.1, -0.05) is 45.0 Å². The number of aromatic carboxylic acids is 1. The summed E-state index contributed by atoms with van der Waals surface area (Å²) in [4.78, 5) is 58.2. The Balaban J connectivity index is 1.16. The number of para-hydroxylation sites is 1. The van der Waals surface area contributed by atoms with E-state index in [0.29, 0.717) is 18.3 Å². The number of alkyl halides is 3. The first kappa shape index (κ1) is 38.4. The molecule has 1 aromatic heterocycles. The minimum Gasteiger partial charge on any atom is -0.478 e. The van der Waals surface area contributed by atoms with Gasteiger partial charge in [0, 0.05) is 13.0 Å². The number of amides is 3. The van der Waals surface area contributed by atoms with E-state index in [1.54, 1.807) is 13.0 Å². The van der Waals surface area contributed by atoms with Gasteiger partial charge in [0.25, 0.3) is 5.56 Å². The summed E-state index contributed by atoms with van der Waals surface area (Å²) in [7, 11) is -0.736. The van der Waals surface area contributed by atoms with Gasteiger partial charge in [0.15, 0.2) is 0 Å². The van der Waals surface area contributed by atoms with Crippen molar-refractivity contribution in [3.8, 4) is 0 Å². The first-order chi connectivity index (χ1) is 25.9. The van der Waals surface area contributed by atoms with Crippen LogP contribution in [-0.2, 0) is 32.4 Å². The van der Waals surface area contributed by atoms with Crippen LogP contribution >= 0.6 is 0 Å². The number of nitrogens with one attached hydrogen (secondary N) is 4.